The van der Waals surface area contributed by atoms with Crippen molar-refractivity contribution < 1.29 is 9.47 Å². The lowest BCUT2D eigenvalue weighted by molar-refractivity contribution is 0.363. The molecule has 0 bridgehead atoms. The fraction of sp³-hybridized carbons (Fsp3) is 0.250. The van der Waals surface area contributed by atoms with E-state index in [-0.39, 0.29) is 0 Å². The average Bonchev–Trinajstić information content (AvgIpc) is 2.64. The lowest BCUT2D eigenvalue weighted by Gasteiger charge is -2.12. The van der Waals surface area contributed by atoms with Crippen LogP contribution in [0.4, 0.5) is 5.69 Å². The summed E-state index contributed by atoms with van der Waals surface area (Å²) in [6.45, 7) is 4.91. The molecule has 0 amide bonds. The smallest absolute Gasteiger partial charge is 0.170 e. The number of aryl methyl sites for hydroxylation is 1. The third-order valence-electron chi connectivity index (χ3n) is 3.56. The minimum absolute atomic E-state index is 0.481. The highest BCUT2D eigenvalue weighted by atomic mass is 32.1. The average molecular weight is 356 g/mol. The summed E-state index contributed by atoms with van der Waals surface area (Å²) >= 11 is 5.34. The maximum atomic E-state index is 5.51. The molecule has 0 aliphatic heterocycles. The van der Waals surface area contributed by atoms with Gasteiger partial charge in [0, 0.05) is 18.3 Å². The first kappa shape index (κ1) is 18.8. The molecule has 2 aromatic rings. The van der Waals surface area contributed by atoms with Crippen LogP contribution in [-0.4, -0.2) is 25.4 Å². The first-order valence-electron chi connectivity index (χ1n) is 8.23. The van der Waals surface area contributed by atoms with Crippen LogP contribution in [0.3, 0.4) is 0 Å². The molecule has 0 radical (unpaired) electrons. The van der Waals surface area contributed by atoms with Gasteiger partial charge in [-0.15, -0.1) is 0 Å². The highest BCUT2D eigenvalue weighted by Gasteiger charge is 2.02. The second-order valence-electron chi connectivity index (χ2n) is 5.42. The Morgan fingerprint density at radius 3 is 2.84 bits per heavy atom. The zero-order valence-electron chi connectivity index (χ0n) is 14.5. The first-order chi connectivity index (χ1) is 12.2. The Kier molecular flexibility index (Phi) is 7.79. The van der Waals surface area contributed by atoms with Gasteiger partial charge in [0.25, 0.3) is 0 Å². The van der Waals surface area contributed by atoms with Crippen molar-refractivity contribution in [3.8, 4) is 11.5 Å². The van der Waals surface area contributed by atoms with Gasteiger partial charge in [-0.2, -0.15) is 0 Å². The Bertz CT molecular complexity index is 704. The van der Waals surface area contributed by atoms with Gasteiger partial charge in [-0.25, -0.2) is 0 Å². The number of rotatable bonds is 9. The van der Waals surface area contributed by atoms with Gasteiger partial charge in [-0.1, -0.05) is 36.9 Å². The topological polar surface area (TPSA) is 42.5 Å². The molecule has 2 aromatic carbocycles. The van der Waals surface area contributed by atoms with E-state index >= 15 is 0 Å². The molecule has 4 nitrogen and oxygen atoms in total. The van der Waals surface area contributed by atoms with Crippen LogP contribution in [0.15, 0.2) is 61.2 Å². The molecule has 5 heteroatoms. The summed E-state index contributed by atoms with van der Waals surface area (Å²) in [5.41, 5.74) is 2.10. The number of anilines is 1. The molecule has 0 unspecified atom stereocenters. The molecule has 2 N–H and O–H groups in total. The number of nitrogens with one attached hydrogen (secondary N) is 2. The molecule has 25 heavy (non-hydrogen) atoms. The van der Waals surface area contributed by atoms with Crippen LogP contribution in [0.2, 0.25) is 0 Å². The summed E-state index contributed by atoms with van der Waals surface area (Å²) in [5, 5.41) is 6.99. The largest absolute Gasteiger partial charge is 0.496 e. The summed E-state index contributed by atoms with van der Waals surface area (Å²) in [5.74, 6) is 1.71. The molecular formula is C20H24N2O2S. The van der Waals surface area contributed by atoms with Crippen molar-refractivity contribution in [2.24, 2.45) is 0 Å². The maximum Gasteiger partial charge on any atom is 0.170 e. The fourth-order valence-electron chi connectivity index (χ4n) is 2.38. The van der Waals surface area contributed by atoms with E-state index in [2.05, 4.69) is 23.3 Å². The SMILES string of the molecule is C=CCOc1cccc(NC(=S)NCCCc2ccccc2OC)c1. The third-order valence-corrected chi connectivity index (χ3v) is 3.81. The van der Waals surface area contributed by atoms with Crippen molar-refractivity contribution in [2.75, 3.05) is 25.6 Å². The molecule has 0 aliphatic carbocycles. The van der Waals surface area contributed by atoms with Gasteiger partial charge in [0.2, 0.25) is 0 Å². The molecule has 0 aromatic heterocycles. The Hall–Kier alpha value is -2.53. The van der Waals surface area contributed by atoms with Crippen molar-refractivity contribution in [2.45, 2.75) is 12.8 Å². The summed E-state index contributed by atoms with van der Waals surface area (Å²) in [6.07, 6.45) is 3.61. The molecule has 0 heterocycles. The minimum atomic E-state index is 0.481. The molecule has 132 valence electrons. The van der Waals surface area contributed by atoms with Crippen LogP contribution >= 0.6 is 12.2 Å². The van der Waals surface area contributed by atoms with Gasteiger partial charge in [0.1, 0.15) is 18.1 Å². The fourth-order valence-corrected chi connectivity index (χ4v) is 2.60. The minimum Gasteiger partial charge on any atom is -0.496 e. The van der Waals surface area contributed by atoms with Gasteiger partial charge < -0.3 is 20.1 Å². The van der Waals surface area contributed by atoms with Crippen LogP contribution in [-0.2, 0) is 6.42 Å². The van der Waals surface area contributed by atoms with Gasteiger partial charge in [-0.3, -0.25) is 0 Å². The number of benzene rings is 2. The van der Waals surface area contributed by atoms with Gasteiger partial charge in [-0.05, 0) is 48.8 Å². The maximum absolute atomic E-state index is 5.51. The monoisotopic (exact) mass is 356 g/mol. The van der Waals surface area contributed by atoms with E-state index in [9.17, 15) is 0 Å². The number of thiocarbonyl (C=S) groups is 1. The van der Waals surface area contributed by atoms with Crippen molar-refractivity contribution in [3.63, 3.8) is 0 Å². The number of ether oxygens (including phenoxy) is 2. The van der Waals surface area contributed by atoms with Gasteiger partial charge >= 0.3 is 0 Å². The van der Waals surface area contributed by atoms with Crippen LogP contribution in [0.1, 0.15) is 12.0 Å². The van der Waals surface area contributed by atoms with Crippen LogP contribution in [0, 0.1) is 0 Å². The summed E-state index contributed by atoms with van der Waals surface area (Å²) in [4.78, 5) is 0. The predicted molar refractivity (Wildman–Crippen MR) is 108 cm³/mol. The Labute approximate surface area is 154 Å². The Morgan fingerprint density at radius 1 is 1.20 bits per heavy atom. The van der Waals surface area contributed by atoms with E-state index in [1.54, 1.807) is 13.2 Å². The number of hydrogen-bond donors (Lipinski definition) is 2. The lowest BCUT2D eigenvalue weighted by Crippen LogP contribution is -2.29. The number of hydrogen-bond acceptors (Lipinski definition) is 3. The molecule has 0 saturated carbocycles. The molecule has 0 saturated heterocycles. The zero-order chi connectivity index (χ0) is 17.9. The van der Waals surface area contributed by atoms with Crippen molar-refractivity contribution in [3.05, 3.63) is 66.7 Å². The highest BCUT2D eigenvalue weighted by Crippen LogP contribution is 2.19. The van der Waals surface area contributed by atoms with Gasteiger partial charge in [0.05, 0.1) is 7.11 Å². The van der Waals surface area contributed by atoms with Crippen LogP contribution in [0.25, 0.3) is 0 Å². The molecule has 0 spiro atoms. The zero-order valence-corrected chi connectivity index (χ0v) is 15.3. The second kappa shape index (κ2) is 10.4. The van der Waals surface area contributed by atoms with Crippen LogP contribution in [0.5, 0.6) is 11.5 Å². The summed E-state index contributed by atoms with van der Waals surface area (Å²) < 4.78 is 10.9. The number of methoxy groups -OCH3 is 1. The van der Waals surface area contributed by atoms with E-state index in [1.165, 1.54) is 5.56 Å². The lowest BCUT2D eigenvalue weighted by atomic mass is 10.1. The van der Waals surface area contributed by atoms with E-state index in [4.69, 9.17) is 21.7 Å². The van der Waals surface area contributed by atoms with Crippen molar-refractivity contribution >= 4 is 23.0 Å². The molecule has 2 rings (SSSR count). The molecule has 0 aliphatic rings. The van der Waals surface area contributed by atoms with E-state index in [1.807, 2.05) is 42.5 Å². The van der Waals surface area contributed by atoms with Crippen molar-refractivity contribution in [1.82, 2.24) is 5.32 Å². The quantitative estimate of drug-likeness (QED) is 0.401. The summed E-state index contributed by atoms with van der Waals surface area (Å²) in [7, 11) is 1.70. The summed E-state index contributed by atoms with van der Waals surface area (Å²) in [6, 6.07) is 15.8. The molecule has 0 atom stereocenters. The van der Waals surface area contributed by atoms with Crippen molar-refractivity contribution in [1.29, 1.82) is 0 Å². The molecule has 0 fully saturated rings. The van der Waals surface area contributed by atoms with Crippen LogP contribution < -0.4 is 20.1 Å². The van der Waals surface area contributed by atoms with Gasteiger partial charge in [0.15, 0.2) is 5.11 Å². The third kappa shape index (κ3) is 6.47. The Balaban J connectivity index is 1.74. The highest BCUT2D eigenvalue weighted by molar-refractivity contribution is 7.80. The Morgan fingerprint density at radius 2 is 2.04 bits per heavy atom. The standard InChI is InChI=1S/C20H24N2O2S/c1-3-14-24-18-11-6-10-17(15-18)22-20(25)21-13-7-9-16-8-4-5-12-19(16)23-2/h3-6,8,10-12,15H,1,7,9,13-14H2,2H3,(H2,21,22,25). The van der Waals surface area contributed by atoms with E-state index < -0.39 is 0 Å². The normalized spacial score (nSPS) is 9.96. The van der Waals surface area contributed by atoms with E-state index in [0.29, 0.717) is 11.7 Å². The predicted octanol–water partition coefficient (Wildman–Crippen LogP) is 4.18. The molecular weight excluding hydrogens is 332 g/mol. The second-order valence-corrected chi connectivity index (χ2v) is 5.83. The first-order valence-corrected chi connectivity index (χ1v) is 8.64. The van der Waals surface area contributed by atoms with E-state index in [0.717, 1.165) is 36.6 Å². The number of para-hydroxylation sites is 1.